The molecule has 3 fully saturated rings. The number of pyridine rings is 1. The Bertz CT molecular complexity index is 1300. The summed E-state index contributed by atoms with van der Waals surface area (Å²) in [7, 11) is 0. The maximum absolute atomic E-state index is 13.8. The van der Waals surface area contributed by atoms with Crippen LogP contribution in [0.4, 0.5) is 8.78 Å². The highest BCUT2D eigenvalue weighted by atomic mass is 19.1. The Balaban J connectivity index is 1.16. The van der Waals surface area contributed by atoms with E-state index in [1.165, 1.54) is 12.1 Å². The van der Waals surface area contributed by atoms with Crippen molar-refractivity contribution in [2.75, 3.05) is 13.1 Å². The number of likely N-dealkylation sites (tertiary alicyclic amines) is 1. The van der Waals surface area contributed by atoms with Crippen molar-refractivity contribution in [3.05, 3.63) is 89.6 Å². The third kappa shape index (κ3) is 3.86. The fraction of sp³-hybridized carbons (Fsp3) is 0.321. The smallest absolute Gasteiger partial charge is 0.272 e. The van der Waals surface area contributed by atoms with Crippen molar-refractivity contribution in [3.63, 3.8) is 0 Å². The number of hydrogen-bond acceptors (Lipinski definition) is 4. The normalized spacial score (nSPS) is 22.8. The molecule has 1 aromatic heterocycles. The second-order valence-electron chi connectivity index (χ2n) is 9.64. The number of fused-ring (bicyclic) bond motifs is 1. The van der Waals surface area contributed by atoms with Gasteiger partial charge in [0.25, 0.3) is 11.8 Å². The van der Waals surface area contributed by atoms with Crippen LogP contribution in [0, 0.1) is 11.6 Å². The lowest BCUT2D eigenvalue weighted by Crippen LogP contribution is -2.51. The summed E-state index contributed by atoms with van der Waals surface area (Å²) in [6.45, 7) is 0.725. The Labute approximate surface area is 207 Å². The van der Waals surface area contributed by atoms with E-state index in [1.807, 2.05) is 42.5 Å². The molecule has 1 spiro atoms. The second-order valence-corrected chi connectivity index (χ2v) is 9.64. The van der Waals surface area contributed by atoms with Crippen LogP contribution in [0.5, 0.6) is 0 Å². The summed E-state index contributed by atoms with van der Waals surface area (Å²) < 4.78 is 34.0. The largest absolute Gasteiger partial charge is 0.342 e. The van der Waals surface area contributed by atoms with Gasteiger partial charge < -0.3 is 14.5 Å². The zero-order chi connectivity index (χ0) is 24.9. The van der Waals surface area contributed by atoms with Gasteiger partial charge in [-0.1, -0.05) is 36.4 Å². The molecule has 6 rings (SSSR count). The molecule has 0 saturated carbocycles. The molecule has 0 bridgehead atoms. The summed E-state index contributed by atoms with van der Waals surface area (Å²) in [5.41, 5.74) is 1.46. The van der Waals surface area contributed by atoms with Crippen molar-refractivity contribution in [1.29, 1.82) is 0 Å². The van der Waals surface area contributed by atoms with Crippen LogP contribution in [0.1, 0.15) is 47.8 Å². The van der Waals surface area contributed by atoms with Crippen LogP contribution in [-0.2, 0) is 9.53 Å². The maximum atomic E-state index is 13.8. The molecular weight excluding hydrogens is 464 g/mol. The number of carbonyl (C=O) groups is 2. The number of ether oxygens (including phenoxy) is 1. The average molecular weight is 490 g/mol. The van der Waals surface area contributed by atoms with Crippen LogP contribution in [-0.4, -0.2) is 51.5 Å². The van der Waals surface area contributed by atoms with Crippen molar-refractivity contribution in [3.8, 4) is 11.3 Å². The number of piperidine rings is 1. The predicted molar refractivity (Wildman–Crippen MR) is 128 cm³/mol. The number of amides is 2. The molecule has 3 aromatic rings. The van der Waals surface area contributed by atoms with Crippen molar-refractivity contribution in [1.82, 2.24) is 14.8 Å². The Morgan fingerprint density at radius 1 is 0.944 bits per heavy atom. The van der Waals surface area contributed by atoms with Gasteiger partial charge in [-0.15, -0.1) is 0 Å². The first-order valence-corrected chi connectivity index (χ1v) is 12.2. The van der Waals surface area contributed by atoms with Crippen molar-refractivity contribution < 1.29 is 23.1 Å². The Morgan fingerprint density at radius 2 is 1.67 bits per heavy atom. The van der Waals surface area contributed by atoms with Gasteiger partial charge in [0.15, 0.2) is 5.60 Å². The summed E-state index contributed by atoms with van der Waals surface area (Å²) >= 11 is 0. The number of carbonyl (C=O) groups excluding carboxylic acids is 2. The quantitative estimate of drug-likeness (QED) is 0.534. The van der Waals surface area contributed by atoms with Crippen molar-refractivity contribution >= 4 is 11.8 Å². The first-order chi connectivity index (χ1) is 17.4. The number of hydrogen-bond donors (Lipinski definition) is 0. The lowest BCUT2D eigenvalue weighted by Gasteiger charge is -2.37. The van der Waals surface area contributed by atoms with Gasteiger partial charge in [-0.3, -0.25) is 9.59 Å². The molecule has 0 radical (unpaired) electrons. The molecule has 0 N–H and O–H groups in total. The van der Waals surface area contributed by atoms with E-state index in [1.54, 1.807) is 15.9 Å². The van der Waals surface area contributed by atoms with Crippen LogP contribution >= 0.6 is 0 Å². The van der Waals surface area contributed by atoms with Gasteiger partial charge in [0.2, 0.25) is 0 Å². The summed E-state index contributed by atoms with van der Waals surface area (Å²) in [6, 6.07) is 18.0. The highest BCUT2D eigenvalue weighted by molar-refractivity contribution is 5.94. The van der Waals surface area contributed by atoms with Crippen LogP contribution in [0.15, 0.2) is 66.7 Å². The molecule has 8 heteroatoms. The molecule has 3 saturated heterocycles. The van der Waals surface area contributed by atoms with Crippen molar-refractivity contribution in [2.24, 2.45) is 0 Å². The highest BCUT2D eigenvalue weighted by Gasteiger charge is 2.58. The molecule has 184 valence electrons. The minimum absolute atomic E-state index is 0.157. The molecule has 3 aliphatic heterocycles. The maximum Gasteiger partial charge on any atom is 0.272 e. The standard InChI is InChI=1S/C28H25F2N3O3/c29-20-15-19(16-21(30)17-20)24-9-10-25-33(24)27(35)28(36-25)11-13-32(14-12-28)26(34)23-8-4-7-22(31-23)18-5-2-1-3-6-18/h1-8,15-17,24-25H,9-14H2/t24-,25+/m0/s1. The number of nitrogens with zero attached hydrogens (tertiary/aromatic N) is 3. The number of aromatic nitrogens is 1. The summed E-state index contributed by atoms with van der Waals surface area (Å²) in [5.74, 6) is -1.65. The van der Waals surface area contributed by atoms with Gasteiger partial charge in [-0.05, 0) is 42.7 Å². The van der Waals surface area contributed by atoms with Gasteiger partial charge in [-0.2, -0.15) is 0 Å². The molecule has 3 aliphatic rings. The lowest BCUT2D eigenvalue weighted by molar-refractivity contribution is -0.142. The van der Waals surface area contributed by atoms with E-state index in [0.29, 0.717) is 50.0 Å². The monoisotopic (exact) mass is 489 g/mol. The van der Waals surface area contributed by atoms with E-state index >= 15 is 0 Å². The first kappa shape index (κ1) is 22.8. The average Bonchev–Trinajstić information content (AvgIpc) is 3.42. The molecule has 2 amide bonds. The topological polar surface area (TPSA) is 62.7 Å². The zero-order valence-electron chi connectivity index (χ0n) is 19.6. The van der Waals surface area contributed by atoms with Crippen LogP contribution in [0.25, 0.3) is 11.3 Å². The predicted octanol–water partition coefficient (Wildman–Crippen LogP) is 4.72. The molecule has 2 atom stereocenters. The molecule has 36 heavy (non-hydrogen) atoms. The van der Waals surface area contributed by atoms with Crippen molar-refractivity contribution in [2.45, 2.75) is 43.6 Å². The fourth-order valence-corrected chi connectivity index (χ4v) is 5.70. The van der Waals surface area contributed by atoms with Crippen LogP contribution in [0.2, 0.25) is 0 Å². The minimum Gasteiger partial charge on any atom is -0.342 e. The first-order valence-electron chi connectivity index (χ1n) is 12.2. The van der Waals surface area contributed by atoms with Gasteiger partial charge in [-0.25, -0.2) is 13.8 Å². The fourth-order valence-electron chi connectivity index (χ4n) is 5.70. The third-order valence-corrected chi connectivity index (χ3v) is 7.48. The number of halogens is 2. The highest BCUT2D eigenvalue weighted by Crippen LogP contribution is 2.47. The van der Waals surface area contributed by atoms with Crippen LogP contribution in [0.3, 0.4) is 0 Å². The van der Waals surface area contributed by atoms with Gasteiger partial charge >= 0.3 is 0 Å². The third-order valence-electron chi connectivity index (χ3n) is 7.48. The minimum atomic E-state index is -1.01. The van der Waals surface area contributed by atoms with E-state index in [4.69, 9.17) is 4.74 Å². The lowest BCUT2D eigenvalue weighted by atomic mass is 9.89. The van der Waals surface area contributed by atoms with E-state index < -0.39 is 29.5 Å². The molecule has 6 nitrogen and oxygen atoms in total. The summed E-state index contributed by atoms with van der Waals surface area (Å²) in [4.78, 5) is 34.7. The Morgan fingerprint density at radius 3 is 2.39 bits per heavy atom. The van der Waals surface area contributed by atoms with E-state index in [0.717, 1.165) is 17.3 Å². The SMILES string of the molecule is O=C(c1cccc(-c2ccccc2)n1)N1CCC2(CC1)O[C@@H]1CC[C@@H](c3cc(F)cc(F)c3)N1C2=O. The molecule has 0 unspecified atom stereocenters. The number of benzene rings is 2. The molecule has 4 heterocycles. The van der Waals surface area contributed by atoms with Gasteiger partial charge in [0.1, 0.15) is 23.6 Å². The summed E-state index contributed by atoms with van der Waals surface area (Å²) in [6.07, 6.45) is 1.51. The molecular formula is C28H25F2N3O3. The van der Waals surface area contributed by atoms with Crippen LogP contribution < -0.4 is 0 Å². The van der Waals surface area contributed by atoms with Gasteiger partial charge in [0, 0.05) is 37.6 Å². The Hall–Kier alpha value is -3.65. The van der Waals surface area contributed by atoms with E-state index in [9.17, 15) is 18.4 Å². The zero-order valence-corrected chi connectivity index (χ0v) is 19.6. The van der Waals surface area contributed by atoms with E-state index in [-0.39, 0.29) is 11.8 Å². The van der Waals surface area contributed by atoms with Gasteiger partial charge in [0.05, 0.1) is 11.7 Å². The number of rotatable bonds is 3. The van der Waals surface area contributed by atoms with E-state index in [2.05, 4.69) is 4.98 Å². The Kier molecular flexibility index (Phi) is 5.56. The second kappa shape index (κ2) is 8.78. The summed E-state index contributed by atoms with van der Waals surface area (Å²) in [5, 5.41) is 0. The molecule has 0 aliphatic carbocycles. The molecule has 2 aromatic carbocycles.